The molecule has 0 aromatic heterocycles. The second kappa shape index (κ2) is 2.60. The fraction of sp³-hybridized carbons (Fsp3) is 0.222. The van der Waals surface area contributed by atoms with Gasteiger partial charge in [-0.1, -0.05) is 12.1 Å². The SMILES string of the molecule is CN1Cc2c(C=O)cccc2N1. The number of anilines is 1. The van der Waals surface area contributed by atoms with Gasteiger partial charge < -0.3 is 5.43 Å². The summed E-state index contributed by atoms with van der Waals surface area (Å²) in [4.78, 5) is 10.6. The molecule has 0 saturated carbocycles. The lowest BCUT2D eigenvalue weighted by atomic mass is 10.1. The Bertz CT molecular complexity index is 322. The monoisotopic (exact) mass is 162 g/mol. The highest BCUT2D eigenvalue weighted by Gasteiger charge is 2.16. The second-order valence-corrected chi connectivity index (χ2v) is 2.96. The van der Waals surface area contributed by atoms with Crippen LogP contribution in [0.2, 0.25) is 0 Å². The maximum atomic E-state index is 10.6. The standard InChI is InChI=1S/C9H10N2O/c1-11-5-8-7(6-12)3-2-4-9(8)10-11/h2-4,6,10H,5H2,1H3. The van der Waals surface area contributed by atoms with Crippen LogP contribution in [0.5, 0.6) is 0 Å². The van der Waals surface area contributed by atoms with Crippen LogP contribution in [0, 0.1) is 0 Å². The largest absolute Gasteiger partial charge is 0.318 e. The van der Waals surface area contributed by atoms with Crippen LogP contribution in [0.4, 0.5) is 5.69 Å². The van der Waals surface area contributed by atoms with Gasteiger partial charge in [0.25, 0.3) is 0 Å². The summed E-state index contributed by atoms with van der Waals surface area (Å²) in [6, 6.07) is 5.70. The third kappa shape index (κ3) is 0.987. The average Bonchev–Trinajstić information content (AvgIpc) is 2.44. The fourth-order valence-corrected chi connectivity index (χ4v) is 1.48. The Morgan fingerprint density at radius 3 is 3.17 bits per heavy atom. The number of nitrogens with zero attached hydrogens (tertiary/aromatic N) is 1. The fourth-order valence-electron chi connectivity index (χ4n) is 1.48. The predicted molar refractivity (Wildman–Crippen MR) is 46.9 cm³/mol. The normalized spacial score (nSPS) is 15.4. The van der Waals surface area contributed by atoms with Crippen molar-refractivity contribution in [3.63, 3.8) is 0 Å². The number of benzene rings is 1. The Labute approximate surface area is 71.0 Å². The van der Waals surface area contributed by atoms with Crippen molar-refractivity contribution in [1.82, 2.24) is 5.01 Å². The highest BCUT2D eigenvalue weighted by molar-refractivity contribution is 5.81. The van der Waals surface area contributed by atoms with Gasteiger partial charge in [0.15, 0.2) is 0 Å². The molecule has 2 rings (SSSR count). The zero-order chi connectivity index (χ0) is 8.55. The van der Waals surface area contributed by atoms with Gasteiger partial charge in [0.1, 0.15) is 6.29 Å². The maximum Gasteiger partial charge on any atom is 0.150 e. The summed E-state index contributed by atoms with van der Waals surface area (Å²) in [5.41, 5.74) is 6.06. The van der Waals surface area contributed by atoms with Crippen LogP contribution in [0.15, 0.2) is 18.2 Å². The minimum atomic E-state index is 0.782. The number of hydrogen-bond acceptors (Lipinski definition) is 3. The van der Waals surface area contributed by atoms with Gasteiger partial charge in [-0.15, -0.1) is 0 Å². The van der Waals surface area contributed by atoms with E-state index in [-0.39, 0.29) is 0 Å². The molecular formula is C9H10N2O. The summed E-state index contributed by atoms with van der Waals surface area (Å²) in [5, 5.41) is 1.96. The maximum absolute atomic E-state index is 10.6. The van der Waals surface area contributed by atoms with E-state index in [4.69, 9.17) is 0 Å². The Morgan fingerprint density at radius 2 is 2.42 bits per heavy atom. The molecule has 0 saturated heterocycles. The Morgan fingerprint density at radius 1 is 1.58 bits per heavy atom. The molecule has 0 amide bonds. The summed E-state index contributed by atoms with van der Waals surface area (Å²) in [6.07, 6.45) is 0.902. The van der Waals surface area contributed by atoms with E-state index >= 15 is 0 Å². The summed E-state index contributed by atoms with van der Waals surface area (Å²) in [5.74, 6) is 0. The van der Waals surface area contributed by atoms with Crippen molar-refractivity contribution in [3.8, 4) is 0 Å². The first-order valence-corrected chi connectivity index (χ1v) is 3.86. The van der Waals surface area contributed by atoms with Crippen molar-refractivity contribution in [2.75, 3.05) is 12.5 Å². The van der Waals surface area contributed by atoms with Crippen molar-refractivity contribution < 1.29 is 4.79 Å². The average molecular weight is 162 g/mol. The Hall–Kier alpha value is -1.35. The van der Waals surface area contributed by atoms with Gasteiger partial charge >= 0.3 is 0 Å². The highest BCUT2D eigenvalue weighted by Crippen LogP contribution is 2.25. The molecule has 1 aliphatic rings. The Balaban J connectivity index is 2.51. The summed E-state index contributed by atoms with van der Waals surface area (Å²) < 4.78 is 0. The molecule has 3 nitrogen and oxygen atoms in total. The number of nitrogens with one attached hydrogen (secondary N) is 1. The van der Waals surface area contributed by atoms with Crippen molar-refractivity contribution >= 4 is 12.0 Å². The molecule has 1 heterocycles. The van der Waals surface area contributed by atoms with Gasteiger partial charge in [0.2, 0.25) is 0 Å². The topological polar surface area (TPSA) is 32.3 Å². The molecule has 0 atom stereocenters. The molecule has 0 bridgehead atoms. The van der Waals surface area contributed by atoms with E-state index < -0.39 is 0 Å². The quantitative estimate of drug-likeness (QED) is 0.631. The van der Waals surface area contributed by atoms with Crippen LogP contribution < -0.4 is 5.43 Å². The summed E-state index contributed by atoms with van der Waals surface area (Å²) in [7, 11) is 1.95. The van der Waals surface area contributed by atoms with E-state index in [0.717, 1.165) is 29.6 Å². The first kappa shape index (κ1) is 7.31. The minimum Gasteiger partial charge on any atom is -0.318 e. The van der Waals surface area contributed by atoms with Crippen LogP contribution >= 0.6 is 0 Å². The van der Waals surface area contributed by atoms with E-state index in [1.165, 1.54) is 0 Å². The molecule has 62 valence electrons. The smallest absolute Gasteiger partial charge is 0.150 e. The molecule has 3 heteroatoms. The van der Waals surface area contributed by atoms with Gasteiger partial charge in [0.05, 0.1) is 5.69 Å². The number of carbonyl (C=O) groups is 1. The van der Waals surface area contributed by atoms with E-state index in [1.807, 2.05) is 30.3 Å². The number of rotatable bonds is 1. The first-order chi connectivity index (χ1) is 5.81. The van der Waals surface area contributed by atoms with Crippen LogP contribution in [-0.4, -0.2) is 18.3 Å². The van der Waals surface area contributed by atoms with Gasteiger partial charge in [0, 0.05) is 24.7 Å². The third-order valence-electron chi connectivity index (χ3n) is 2.05. The number of hydrogen-bond donors (Lipinski definition) is 1. The molecule has 12 heavy (non-hydrogen) atoms. The summed E-state index contributed by atoms with van der Waals surface area (Å²) in [6.45, 7) is 0.796. The lowest BCUT2D eigenvalue weighted by Crippen LogP contribution is -2.16. The highest BCUT2D eigenvalue weighted by atomic mass is 16.1. The van der Waals surface area contributed by atoms with Gasteiger partial charge in [-0.25, -0.2) is 5.01 Å². The van der Waals surface area contributed by atoms with E-state index in [2.05, 4.69) is 5.43 Å². The van der Waals surface area contributed by atoms with E-state index in [9.17, 15) is 4.79 Å². The molecule has 1 aromatic rings. The number of hydrazine groups is 1. The minimum absolute atomic E-state index is 0.782. The van der Waals surface area contributed by atoms with Gasteiger partial charge in [-0.05, 0) is 6.07 Å². The molecule has 1 aromatic carbocycles. The van der Waals surface area contributed by atoms with Gasteiger partial charge in [-0.2, -0.15) is 0 Å². The third-order valence-corrected chi connectivity index (χ3v) is 2.05. The number of aldehydes is 1. The first-order valence-electron chi connectivity index (χ1n) is 3.86. The van der Waals surface area contributed by atoms with E-state index in [0.29, 0.717) is 0 Å². The number of fused-ring (bicyclic) bond motifs is 1. The molecule has 0 unspecified atom stereocenters. The van der Waals surface area contributed by atoms with Crippen molar-refractivity contribution in [2.45, 2.75) is 6.54 Å². The lowest BCUT2D eigenvalue weighted by molar-refractivity contribution is 0.112. The van der Waals surface area contributed by atoms with Crippen LogP contribution in [0.1, 0.15) is 15.9 Å². The molecule has 0 aliphatic carbocycles. The van der Waals surface area contributed by atoms with Crippen LogP contribution in [0.3, 0.4) is 0 Å². The lowest BCUT2D eigenvalue weighted by Gasteiger charge is -2.06. The molecule has 1 aliphatic heterocycles. The second-order valence-electron chi connectivity index (χ2n) is 2.96. The van der Waals surface area contributed by atoms with Crippen LogP contribution in [0.25, 0.3) is 0 Å². The van der Waals surface area contributed by atoms with Crippen molar-refractivity contribution in [3.05, 3.63) is 29.3 Å². The molecule has 0 fully saturated rings. The Kier molecular flexibility index (Phi) is 1.59. The molecule has 0 radical (unpaired) electrons. The van der Waals surface area contributed by atoms with Crippen molar-refractivity contribution in [1.29, 1.82) is 0 Å². The molecule has 1 N–H and O–H groups in total. The summed E-state index contributed by atoms with van der Waals surface area (Å²) >= 11 is 0. The van der Waals surface area contributed by atoms with Gasteiger partial charge in [-0.3, -0.25) is 4.79 Å². The molecular weight excluding hydrogens is 152 g/mol. The van der Waals surface area contributed by atoms with Crippen LogP contribution in [-0.2, 0) is 6.54 Å². The van der Waals surface area contributed by atoms with E-state index in [1.54, 1.807) is 0 Å². The zero-order valence-electron chi connectivity index (χ0n) is 6.87. The predicted octanol–water partition coefficient (Wildman–Crippen LogP) is 1.27. The number of carbonyl (C=O) groups excluding carboxylic acids is 1. The zero-order valence-corrected chi connectivity index (χ0v) is 6.87. The molecule has 0 spiro atoms. The van der Waals surface area contributed by atoms with Crippen molar-refractivity contribution in [2.24, 2.45) is 0 Å².